The van der Waals surface area contributed by atoms with Gasteiger partial charge in [-0.2, -0.15) is 0 Å². The molecule has 2 amide bonds. The predicted molar refractivity (Wildman–Crippen MR) is 97.7 cm³/mol. The lowest BCUT2D eigenvalue weighted by atomic mass is 10.1. The average molecular weight is 359 g/mol. The first-order valence-electron chi connectivity index (χ1n) is 8.84. The Morgan fingerprint density at radius 3 is 2.77 bits per heavy atom. The summed E-state index contributed by atoms with van der Waals surface area (Å²) in [5.74, 6) is 0.264. The van der Waals surface area contributed by atoms with E-state index in [0.29, 0.717) is 37.8 Å². The van der Waals surface area contributed by atoms with E-state index in [1.54, 1.807) is 17.0 Å². The summed E-state index contributed by atoms with van der Waals surface area (Å²) < 4.78 is 5.50. The Labute approximate surface area is 153 Å². The molecule has 1 unspecified atom stereocenters. The van der Waals surface area contributed by atoms with Crippen molar-refractivity contribution in [1.82, 2.24) is 15.1 Å². The molecule has 2 aliphatic rings. The van der Waals surface area contributed by atoms with Gasteiger partial charge in [0.25, 0.3) is 5.91 Å². The van der Waals surface area contributed by atoms with Crippen molar-refractivity contribution in [3.05, 3.63) is 35.4 Å². The molecule has 0 saturated carbocycles. The first-order valence-corrected chi connectivity index (χ1v) is 8.84. The summed E-state index contributed by atoms with van der Waals surface area (Å²) in [5, 5.41) is 2.71. The number of amides is 2. The van der Waals surface area contributed by atoms with E-state index < -0.39 is 0 Å². The van der Waals surface area contributed by atoms with Crippen LogP contribution >= 0.6 is 0 Å². The van der Waals surface area contributed by atoms with Crippen molar-refractivity contribution in [3.8, 4) is 0 Å². The Morgan fingerprint density at radius 1 is 1.31 bits per heavy atom. The zero-order valence-corrected chi connectivity index (χ0v) is 15.0. The Hall–Kier alpha value is -2.61. The average Bonchev–Trinajstić information content (AvgIpc) is 2.66. The van der Waals surface area contributed by atoms with Crippen LogP contribution in [0.15, 0.2) is 29.3 Å². The molecule has 0 radical (unpaired) electrons. The first-order chi connectivity index (χ1) is 12.5. The lowest BCUT2D eigenvalue weighted by Crippen LogP contribution is -2.49. The number of nitrogens with zero attached hydrogens (tertiary/aromatic N) is 3. The molecule has 8 heteroatoms. The summed E-state index contributed by atoms with van der Waals surface area (Å²) in [6.45, 7) is 5.76. The molecular formula is C18H25N5O3. The fraction of sp³-hybridized carbons (Fsp3) is 0.500. The van der Waals surface area contributed by atoms with Crippen LogP contribution in [0, 0.1) is 0 Å². The minimum atomic E-state index is -0.128. The lowest BCUT2D eigenvalue weighted by molar-refractivity contribution is -0.123. The van der Waals surface area contributed by atoms with E-state index >= 15 is 0 Å². The monoisotopic (exact) mass is 359 g/mol. The Balaban J connectivity index is 1.58. The van der Waals surface area contributed by atoms with Crippen molar-refractivity contribution in [1.29, 1.82) is 0 Å². The smallest absolute Gasteiger partial charge is 0.254 e. The van der Waals surface area contributed by atoms with Crippen LogP contribution in [-0.4, -0.2) is 73.0 Å². The van der Waals surface area contributed by atoms with Gasteiger partial charge < -0.3 is 25.6 Å². The highest BCUT2D eigenvalue weighted by Crippen LogP contribution is 2.10. The van der Waals surface area contributed by atoms with E-state index in [1.807, 2.05) is 24.0 Å². The highest BCUT2D eigenvalue weighted by Gasteiger charge is 2.22. The van der Waals surface area contributed by atoms with Crippen LogP contribution in [0.4, 0.5) is 0 Å². The van der Waals surface area contributed by atoms with Gasteiger partial charge in [0.15, 0.2) is 5.96 Å². The molecule has 2 heterocycles. The van der Waals surface area contributed by atoms with E-state index in [4.69, 9.17) is 10.5 Å². The van der Waals surface area contributed by atoms with Gasteiger partial charge in [0.1, 0.15) is 0 Å². The van der Waals surface area contributed by atoms with Gasteiger partial charge in [-0.25, -0.2) is 4.99 Å². The van der Waals surface area contributed by atoms with Gasteiger partial charge in [-0.05, 0) is 24.6 Å². The van der Waals surface area contributed by atoms with Gasteiger partial charge in [-0.1, -0.05) is 12.1 Å². The van der Waals surface area contributed by atoms with Crippen LogP contribution in [0.5, 0.6) is 0 Å². The van der Waals surface area contributed by atoms with Crippen molar-refractivity contribution in [2.75, 3.05) is 39.3 Å². The third-order valence-corrected chi connectivity index (χ3v) is 4.52. The second-order valence-electron chi connectivity index (χ2n) is 6.58. The standard InChI is InChI=1S/C18H25N5O3/c1-13-11-23(8-9-26-13)18(19)21-10-14-2-4-15(5-3-14)17(25)22-7-6-20-16(24)12-22/h2-5,13H,6-12H2,1H3,(H2,19,21)(H,20,24). The van der Waals surface area contributed by atoms with E-state index in [0.717, 1.165) is 18.7 Å². The number of guanidine groups is 1. The maximum absolute atomic E-state index is 12.4. The molecule has 26 heavy (non-hydrogen) atoms. The van der Waals surface area contributed by atoms with Crippen LogP contribution in [0.3, 0.4) is 0 Å². The molecule has 0 spiro atoms. The molecule has 0 bridgehead atoms. The quantitative estimate of drug-likeness (QED) is 0.575. The molecule has 2 fully saturated rings. The zero-order chi connectivity index (χ0) is 18.5. The summed E-state index contributed by atoms with van der Waals surface area (Å²) in [4.78, 5) is 31.9. The molecule has 2 saturated heterocycles. The number of hydrogen-bond donors (Lipinski definition) is 2. The molecule has 0 aromatic heterocycles. The van der Waals surface area contributed by atoms with Crippen LogP contribution in [-0.2, 0) is 16.1 Å². The number of carbonyl (C=O) groups excluding carboxylic acids is 2. The Bertz CT molecular complexity index is 689. The van der Waals surface area contributed by atoms with Gasteiger partial charge in [-0.15, -0.1) is 0 Å². The molecule has 3 N–H and O–H groups in total. The fourth-order valence-electron chi connectivity index (χ4n) is 3.05. The van der Waals surface area contributed by atoms with Crippen molar-refractivity contribution in [2.45, 2.75) is 19.6 Å². The maximum Gasteiger partial charge on any atom is 0.254 e. The number of ether oxygens (including phenoxy) is 1. The van der Waals surface area contributed by atoms with E-state index in [1.165, 1.54) is 0 Å². The molecular weight excluding hydrogens is 334 g/mol. The highest BCUT2D eigenvalue weighted by molar-refractivity contribution is 5.97. The Kier molecular flexibility index (Phi) is 5.72. The molecule has 1 aromatic rings. The van der Waals surface area contributed by atoms with Crippen molar-refractivity contribution in [3.63, 3.8) is 0 Å². The first kappa shape index (κ1) is 18.2. The van der Waals surface area contributed by atoms with Gasteiger partial charge in [0, 0.05) is 31.7 Å². The fourth-order valence-corrected chi connectivity index (χ4v) is 3.05. The van der Waals surface area contributed by atoms with E-state index in [-0.39, 0.29) is 24.5 Å². The zero-order valence-electron chi connectivity index (χ0n) is 15.0. The predicted octanol–water partition coefficient (Wildman–Crippen LogP) is -0.206. The SMILES string of the molecule is CC1CN(C(N)=NCc2ccc(C(=O)N3CCNC(=O)C3)cc2)CCO1. The molecule has 140 valence electrons. The number of nitrogens with one attached hydrogen (secondary N) is 1. The minimum absolute atomic E-state index is 0.110. The summed E-state index contributed by atoms with van der Waals surface area (Å²) in [6.07, 6.45) is 0.152. The third-order valence-electron chi connectivity index (χ3n) is 4.52. The molecule has 1 atom stereocenters. The largest absolute Gasteiger partial charge is 0.375 e. The normalized spacial score (nSPS) is 21.5. The number of carbonyl (C=O) groups is 2. The summed E-state index contributed by atoms with van der Waals surface area (Å²) in [5.41, 5.74) is 7.61. The summed E-state index contributed by atoms with van der Waals surface area (Å²) >= 11 is 0. The number of piperazine rings is 1. The van der Waals surface area contributed by atoms with Gasteiger partial charge in [0.2, 0.25) is 5.91 Å². The second-order valence-corrected chi connectivity index (χ2v) is 6.58. The lowest BCUT2D eigenvalue weighted by Gasteiger charge is -2.31. The van der Waals surface area contributed by atoms with Gasteiger partial charge in [0.05, 0.1) is 25.8 Å². The van der Waals surface area contributed by atoms with Crippen molar-refractivity contribution in [2.24, 2.45) is 10.7 Å². The minimum Gasteiger partial charge on any atom is -0.375 e. The van der Waals surface area contributed by atoms with E-state index in [9.17, 15) is 9.59 Å². The number of nitrogens with two attached hydrogens (primary N) is 1. The number of benzene rings is 1. The second kappa shape index (κ2) is 8.18. The van der Waals surface area contributed by atoms with E-state index in [2.05, 4.69) is 10.3 Å². The topological polar surface area (TPSA) is 100 Å². The molecule has 1 aromatic carbocycles. The van der Waals surface area contributed by atoms with Crippen molar-refractivity contribution < 1.29 is 14.3 Å². The van der Waals surface area contributed by atoms with Gasteiger partial charge >= 0.3 is 0 Å². The maximum atomic E-state index is 12.4. The molecule has 0 aliphatic carbocycles. The van der Waals surface area contributed by atoms with Gasteiger partial charge in [-0.3, -0.25) is 9.59 Å². The number of hydrogen-bond acceptors (Lipinski definition) is 4. The molecule has 3 rings (SSSR count). The highest BCUT2D eigenvalue weighted by atomic mass is 16.5. The van der Waals surface area contributed by atoms with Crippen LogP contribution in [0.1, 0.15) is 22.8 Å². The van der Waals surface area contributed by atoms with Crippen molar-refractivity contribution >= 4 is 17.8 Å². The molecule has 8 nitrogen and oxygen atoms in total. The third kappa shape index (κ3) is 4.51. The Morgan fingerprint density at radius 2 is 2.08 bits per heavy atom. The summed E-state index contributed by atoms with van der Waals surface area (Å²) in [7, 11) is 0. The van der Waals surface area contributed by atoms with Crippen LogP contribution < -0.4 is 11.1 Å². The molecule has 2 aliphatic heterocycles. The number of rotatable bonds is 3. The number of aliphatic imine (C=N–C) groups is 1. The van der Waals surface area contributed by atoms with Crippen LogP contribution in [0.2, 0.25) is 0 Å². The summed E-state index contributed by atoms with van der Waals surface area (Å²) in [6, 6.07) is 7.28. The van der Waals surface area contributed by atoms with Crippen LogP contribution in [0.25, 0.3) is 0 Å². The number of morpholine rings is 1.